The van der Waals surface area contributed by atoms with Gasteiger partial charge in [-0.2, -0.15) is 0 Å². The lowest BCUT2D eigenvalue weighted by molar-refractivity contribution is -0.145. The minimum atomic E-state index is -0.835. The number of aryl methyl sites for hydroxylation is 1. The second-order valence-electron chi connectivity index (χ2n) is 6.54. The van der Waals surface area contributed by atoms with Gasteiger partial charge in [-0.1, -0.05) is 24.3 Å². The molecule has 0 saturated carbocycles. The van der Waals surface area contributed by atoms with E-state index in [0.29, 0.717) is 25.9 Å². The van der Waals surface area contributed by atoms with Crippen LogP contribution in [0.5, 0.6) is 0 Å². The van der Waals surface area contributed by atoms with E-state index < -0.39 is 11.4 Å². The van der Waals surface area contributed by atoms with Crippen LogP contribution in [0.1, 0.15) is 42.4 Å². The molecule has 25 heavy (non-hydrogen) atoms. The number of hydrogen-bond acceptors (Lipinski definition) is 4. The number of nitrogens with one attached hydrogen (secondary N) is 1. The summed E-state index contributed by atoms with van der Waals surface area (Å²) in [6, 6.07) is 9.70. The van der Waals surface area contributed by atoms with Gasteiger partial charge in [0.2, 0.25) is 0 Å². The van der Waals surface area contributed by atoms with Crippen LogP contribution in [-0.4, -0.2) is 34.1 Å². The summed E-state index contributed by atoms with van der Waals surface area (Å²) in [6.45, 7) is 5.30. The fraction of sp³-hybridized carbons (Fsp3) is 0.350. The van der Waals surface area contributed by atoms with E-state index in [9.17, 15) is 9.90 Å². The van der Waals surface area contributed by atoms with Gasteiger partial charge < -0.3 is 10.4 Å². The van der Waals surface area contributed by atoms with Gasteiger partial charge in [-0.25, -0.2) is 9.97 Å². The van der Waals surface area contributed by atoms with E-state index in [0.717, 1.165) is 28.2 Å². The lowest BCUT2D eigenvalue weighted by atomic mass is 9.70. The highest BCUT2D eigenvalue weighted by atomic mass is 16.4. The van der Waals surface area contributed by atoms with Crippen LogP contribution in [0.3, 0.4) is 0 Å². The Bertz CT molecular complexity index is 808. The zero-order chi connectivity index (χ0) is 17.9. The summed E-state index contributed by atoms with van der Waals surface area (Å²) in [5, 5.41) is 13.3. The molecule has 0 atom stereocenters. The Morgan fingerprint density at radius 3 is 2.64 bits per heavy atom. The van der Waals surface area contributed by atoms with Gasteiger partial charge >= 0.3 is 5.97 Å². The average Bonchev–Trinajstić information content (AvgIpc) is 2.62. The summed E-state index contributed by atoms with van der Waals surface area (Å²) in [7, 11) is 0. The van der Waals surface area contributed by atoms with Crippen molar-refractivity contribution in [3.63, 3.8) is 0 Å². The number of carboxylic acid groups (broad SMARTS) is 1. The first-order valence-electron chi connectivity index (χ1n) is 8.55. The molecule has 0 aliphatic carbocycles. The van der Waals surface area contributed by atoms with Crippen LogP contribution in [0.4, 0.5) is 0 Å². The molecule has 1 saturated heterocycles. The molecule has 2 heterocycles. The predicted molar refractivity (Wildman–Crippen MR) is 98.2 cm³/mol. The number of hydrogen-bond donors (Lipinski definition) is 2. The lowest BCUT2D eigenvalue weighted by Crippen LogP contribution is -2.46. The summed E-state index contributed by atoms with van der Waals surface area (Å²) >= 11 is 0. The van der Waals surface area contributed by atoms with Crippen molar-refractivity contribution >= 4 is 17.6 Å². The summed E-state index contributed by atoms with van der Waals surface area (Å²) in [4.78, 5) is 20.7. The van der Waals surface area contributed by atoms with E-state index in [1.165, 1.54) is 0 Å². The molecule has 3 rings (SSSR count). The molecule has 2 aromatic rings. The summed E-state index contributed by atoms with van der Waals surface area (Å²) in [5.74, 6) is -0.0256. The van der Waals surface area contributed by atoms with E-state index in [2.05, 4.69) is 15.3 Å². The maximum Gasteiger partial charge on any atom is 0.314 e. The number of carbonyl (C=O) groups is 1. The molecule has 1 fully saturated rings. The molecule has 0 unspecified atom stereocenters. The van der Waals surface area contributed by atoms with Gasteiger partial charge in [-0.05, 0) is 68.6 Å². The lowest BCUT2D eigenvalue weighted by Gasteiger charge is -2.35. The van der Waals surface area contributed by atoms with Gasteiger partial charge in [-0.15, -0.1) is 0 Å². The Balaban J connectivity index is 2.07. The van der Waals surface area contributed by atoms with E-state index >= 15 is 0 Å². The van der Waals surface area contributed by atoms with Crippen molar-refractivity contribution in [3.8, 4) is 0 Å². The summed E-state index contributed by atoms with van der Waals surface area (Å²) in [6.07, 6.45) is 4.92. The first-order chi connectivity index (χ1) is 12.0. The molecule has 5 nitrogen and oxygen atoms in total. The third kappa shape index (κ3) is 3.46. The summed E-state index contributed by atoms with van der Waals surface area (Å²) in [5.41, 5.74) is 2.87. The van der Waals surface area contributed by atoms with Gasteiger partial charge in [0.05, 0.1) is 11.1 Å². The predicted octanol–water partition coefficient (Wildman–Crippen LogP) is 3.05. The maximum atomic E-state index is 12.2. The van der Waals surface area contributed by atoms with E-state index in [-0.39, 0.29) is 0 Å². The third-order valence-corrected chi connectivity index (χ3v) is 4.90. The van der Waals surface area contributed by atoms with Crippen LogP contribution < -0.4 is 5.32 Å². The highest BCUT2D eigenvalue weighted by Gasteiger charge is 2.42. The smallest absolute Gasteiger partial charge is 0.314 e. The average molecular weight is 337 g/mol. The van der Waals surface area contributed by atoms with Gasteiger partial charge in [0, 0.05) is 6.20 Å². The fourth-order valence-electron chi connectivity index (χ4n) is 3.55. The Morgan fingerprint density at radius 2 is 1.96 bits per heavy atom. The molecular weight excluding hydrogens is 314 g/mol. The number of nitrogens with zero attached hydrogens (tertiary/aromatic N) is 2. The molecule has 0 radical (unpaired) electrons. The molecule has 1 aromatic carbocycles. The Kier molecular flexibility index (Phi) is 4.95. The van der Waals surface area contributed by atoms with Gasteiger partial charge in [0.25, 0.3) is 0 Å². The molecule has 5 heteroatoms. The number of piperidine rings is 1. The molecule has 0 amide bonds. The van der Waals surface area contributed by atoms with Crippen LogP contribution in [0.25, 0.3) is 11.6 Å². The quantitative estimate of drug-likeness (QED) is 0.897. The molecule has 0 bridgehead atoms. The minimum Gasteiger partial charge on any atom is -0.481 e. The zero-order valence-electron chi connectivity index (χ0n) is 14.6. The normalized spacial score (nSPS) is 17.3. The number of aromatic nitrogens is 2. The van der Waals surface area contributed by atoms with Crippen LogP contribution in [0.2, 0.25) is 0 Å². The monoisotopic (exact) mass is 337 g/mol. The van der Waals surface area contributed by atoms with E-state index in [1.807, 2.05) is 50.3 Å². The first kappa shape index (κ1) is 17.3. The van der Waals surface area contributed by atoms with Crippen LogP contribution in [0.15, 0.2) is 36.5 Å². The number of rotatable bonds is 4. The van der Waals surface area contributed by atoms with Gasteiger partial charge in [0.1, 0.15) is 5.82 Å². The first-order valence-corrected chi connectivity index (χ1v) is 8.55. The molecule has 1 aliphatic rings. The van der Waals surface area contributed by atoms with E-state index in [1.54, 1.807) is 6.20 Å². The molecule has 1 aromatic heterocycles. The molecule has 1 aliphatic heterocycles. The third-order valence-electron chi connectivity index (χ3n) is 4.90. The maximum absolute atomic E-state index is 12.2. The Morgan fingerprint density at radius 1 is 1.24 bits per heavy atom. The van der Waals surface area contributed by atoms with Gasteiger partial charge in [0.15, 0.2) is 0 Å². The van der Waals surface area contributed by atoms with Crippen molar-refractivity contribution in [2.24, 2.45) is 0 Å². The van der Waals surface area contributed by atoms with Crippen LogP contribution in [-0.2, 0) is 10.2 Å². The highest BCUT2D eigenvalue weighted by Crippen LogP contribution is 2.38. The molecular formula is C20H23N3O2. The topological polar surface area (TPSA) is 75.1 Å². The molecule has 0 spiro atoms. The van der Waals surface area contributed by atoms with E-state index in [4.69, 9.17) is 0 Å². The number of allylic oxidation sites excluding steroid dienone is 1. The Labute approximate surface area is 147 Å². The Hall–Kier alpha value is -2.53. The summed E-state index contributed by atoms with van der Waals surface area (Å²) < 4.78 is 0. The second kappa shape index (κ2) is 7.15. The molecule has 130 valence electrons. The van der Waals surface area contributed by atoms with Crippen LogP contribution in [0, 0.1) is 6.92 Å². The number of aliphatic carboxylic acids is 1. The second-order valence-corrected chi connectivity index (χ2v) is 6.54. The van der Waals surface area contributed by atoms with Crippen molar-refractivity contribution in [3.05, 3.63) is 59.2 Å². The minimum absolute atomic E-state index is 0.596. The highest BCUT2D eigenvalue weighted by molar-refractivity contribution is 5.87. The number of carboxylic acids is 1. The number of benzene rings is 1. The standard InChI is InChI=1S/C20H23N3O2/c1-14(13-16-7-10-22-15(2)23-16)17-5-3-4-6-18(17)20(19(24)25)8-11-21-12-9-20/h3-7,10,13,21H,8-9,11-12H2,1-2H3,(H,24,25). The van der Waals surface area contributed by atoms with Gasteiger partial charge in [-0.3, -0.25) is 4.79 Å². The largest absolute Gasteiger partial charge is 0.481 e. The fourth-order valence-corrected chi connectivity index (χ4v) is 3.55. The van der Waals surface area contributed by atoms with Crippen molar-refractivity contribution in [2.45, 2.75) is 32.1 Å². The van der Waals surface area contributed by atoms with Crippen molar-refractivity contribution in [2.75, 3.05) is 13.1 Å². The van der Waals surface area contributed by atoms with Crippen molar-refractivity contribution in [1.29, 1.82) is 0 Å². The van der Waals surface area contributed by atoms with Crippen LogP contribution >= 0.6 is 0 Å². The SMILES string of the molecule is CC(=Cc1ccnc(C)n1)c1ccccc1C1(C(=O)O)CCNCC1. The van der Waals surface area contributed by atoms with Crippen molar-refractivity contribution < 1.29 is 9.90 Å². The molecule has 2 N–H and O–H groups in total. The zero-order valence-corrected chi connectivity index (χ0v) is 14.6. The van der Waals surface area contributed by atoms with Crippen molar-refractivity contribution in [1.82, 2.24) is 15.3 Å².